The van der Waals surface area contributed by atoms with Gasteiger partial charge in [0.05, 0.1) is 26.6 Å². The molecule has 0 spiro atoms. The van der Waals surface area contributed by atoms with Gasteiger partial charge in [-0.05, 0) is 48.9 Å². The minimum Gasteiger partial charge on any atom is -0.327 e. The van der Waals surface area contributed by atoms with Crippen LogP contribution in [0, 0.1) is 0 Å². The SMILES string of the molecule is CCCCn1c(CSc2nnc(-c3cccs3)n2C2CC2)nc2cc(S(N)(=O)=O)ccc21. The zero-order valence-corrected chi connectivity index (χ0v) is 20.1. The number of thioether (sulfide) groups is 1. The van der Waals surface area contributed by atoms with Crippen LogP contribution in [0.15, 0.2) is 45.8 Å². The highest BCUT2D eigenvalue weighted by molar-refractivity contribution is 7.98. The van der Waals surface area contributed by atoms with E-state index in [1.165, 1.54) is 0 Å². The largest absolute Gasteiger partial charge is 0.327 e. The van der Waals surface area contributed by atoms with Crippen LogP contribution < -0.4 is 5.14 Å². The number of aryl methyl sites for hydroxylation is 1. The van der Waals surface area contributed by atoms with Crippen LogP contribution in [0.5, 0.6) is 0 Å². The number of aromatic nitrogens is 5. The zero-order chi connectivity index (χ0) is 22.3. The highest BCUT2D eigenvalue weighted by atomic mass is 32.2. The van der Waals surface area contributed by atoms with Gasteiger partial charge < -0.3 is 4.57 Å². The molecule has 2 N–H and O–H groups in total. The van der Waals surface area contributed by atoms with Crippen LogP contribution >= 0.6 is 23.1 Å². The van der Waals surface area contributed by atoms with Crippen molar-refractivity contribution in [1.82, 2.24) is 24.3 Å². The molecule has 1 fully saturated rings. The van der Waals surface area contributed by atoms with Gasteiger partial charge in [0.25, 0.3) is 0 Å². The Morgan fingerprint density at radius 3 is 2.78 bits per heavy atom. The molecular weight excluding hydrogens is 464 g/mol. The van der Waals surface area contributed by atoms with E-state index in [-0.39, 0.29) is 4.90 Å². The third-order valence-corrected chi connectivity index (χ3v) is 8.23. The van der Waals surface area contributed by atoms with E-state index in [2.05, 4.69) is 37.7 Å². The number of sulfonamides is 1. The molecule has 0 bridgehead atoms. The fraction of sp³-hybridized carbons (Fsp3) is 0.381. The van der Waals surface area contributed by atoms with Gasteiger partial charge in [-0.25, -0.2) is 18.5 Å². The molecule has 32 heavy (non-hydrogen) atoms. The number of thiophene rings is 1. The molecule has 0 atom stereocenters. The van der Waals surface area contributed by atoms with Gasteiger partial charge >= 0.3 is 0 Å². The van der Waals surface area contributed by atoms with Crippen molar-refractivity contribution in [2.24, 2.45) is 5.14 Å². The second-order valence-corrected chi connectivity index (χ2v) is 11.4. The summed E-state index contributed by atoms with van der Waals surface area (Å²) in [6, 6.07) is 9.48. The summed E-state index contributed by atoms with van der Waals surface area (Å²) < 4.78 is 28.0. The summed E-state index contributed by atoms with van der Waals surface area (Å²) >= 11 is 3.30. The molecule has 168 valence electrons. The maximum Gasteiger partial charge on any atom is 0.238 e. The third kappa shape index (κ3) is 4.21. The standard InChI is InChI=1S/C21H24N6O2S3/c1-2-3-10-26-17-9-8-15(32(22,28)29)12-16(17)23-19(26)13-31-21-25-24-20(18-5-4-11-30-18)27(21)14-6-7-14/h4-5,8-9,11-12,14H,2-3,6-7,10,13H2,1H3,(H2,22,28,29). The molecular formula is C21H24N6O2S3. The van der Waals surface area contributed by atoms with Crippen molar-refractivity contribution in [3.8, 4) is 10.7 Å². The molecule has 0 unspecified atom stereocenters. The number of nitrogens with two attached hydrogens (primary N) is 1. The maximum absolute atomic E-state index is 11.8. The van der Waals surface area contributed by atoms with Crippen molar-refractivity contribution in [1.29, 1.82) is 0 Å². The lowest BCUT2D eigenvalue weighted by Gasteiger charge is -2.10. The summed E-state index contributed by atoms with van der Waals surface area (Å²) in [6.45, 7) is 2.98. The first kappa shape index (κ1) is 21.6. The molecule has 0 saturated heterocycles. The summed E-state index contributed by atoms with van der Waals surface area (Å²) in [4.78, 5) is 5.98. The van der Waals surface area contributed by atoms with Crippen LogP contribution in [-0.2, 0) is 22.3 Å². The first-order valence-corrected chi connectivity index (χ1v) is 14.0. The molecule has 0 radical (unpaired) electrons. The van der Waals surface area contributed by atoms with Gasteiger partial charge in [-0.3, -0.25) is 4.57 Å². The van der Waals surface area contributed by atoms with Crippen LogP contribution in [-0.4, -0.2) is 32.7 Å². The Balaban J connectivity index is 1.47. The highest BCUT2D eigenvalue weighted by Gasteiger charge is 2.30. The Kier molecular flexibility index (Phi) is 5.82. The summed E-state index contributed by atoms with van der Waals surface area (Å²) in [5, 5.41) is 17.2. The zero-order valence-electron chi connectivity index (χ0n) is 17.6. The average molecular weight is 489 g/mol. The van der Waals surface area contributed by atoms with E-state index in [9.17, 15) is 8.42 Å². The van der Waals surface area contributed by atoms with Crippen LogP contribution in [0.4, 0.5) is 0 Å². The number of primary sulfonamides is 1. The second kappa shape index (κ2) is 8.62. The quantitative estimate of drug-likeness (QED) is 0.349. The van der Waals surface area contributed by atoms with Gasteiger partial charge in [0.1, 0.15) is 5.82 Å². The van der Waals surface area contributed by atoms with E-state index in [4.69, 9.17) is 10.1 Å². The molecule has 1 saturated carbocycles. The van der Waals surface area contributed by atoms with E-state index in [0.29, 0.717) is 17.3 Å². The smallest absolute Gasteiger partial charge is 0.238 e. The van der Waals surface area contributed by atoms with Crippen molar-refractivity contribution in [2.75, 3.05) is 0 Å². The lowest BCUT2D eigenvalue weighted by atomic mass is 10.3. The van der Waals surface area contributed by atoms with E-state index in [0.717, 1.165) is 59.4 Å². The lowest BCUT2D eigenvalue weighted by molar-refractivity contribution is 0.598. The molecule has 3 aromatic heterocycles. The van der Waals surface area contributed by atoms with Gasteiger partial charge in [-0.1, -0.05) is 31.2 Å². The Bertz CT molecular complexity index is 1350. The number of fused-ring (bicyclic) bond motifs is 1. The predicted octanol–water partition coefficient (Wildman–Crippen LogP) is 4.43. The molecule has 0 aliphatic heterocycles. The van der Waals surface area contributed by atoms with Gasteiger partial charge in [0.15, 0.2) is 11.0 Å². The number of hydrogen-bond donors (Lipinski definition) is 1. The molecule has 1 aliphatic carbocycles. The first-order chi connectivity index (χ1) is 15.5. The molecule has 0 amide bonds. The number of imidazole rings is 1. The average Bonchev–Trinajstić information content (AvgIpc) is 3.16. The van der Waals surface area contributed by atoms with Crippen molar-refractivity contribution in [2.45, 2.75) is 61.0 Å². The number of rotatable bonds is 9. The molecule has 8 nitrogen and oxygen atoms in total. The van der Waals surface area contributed by atoms with Crippen LogP contribution in [0.25, 0.3) is 21.7 Å². The normalized spacial score (nSPS) is 14.4. The van der Waals surface area contributed by atoms with Crippen LogP contribution in [0.1, 0.15) is 44.5 Å². The van der Waals surface area contributed by atoms with Crippen molar-refractivity contribution in [3.05, 3.63) is 41.5 Å². The topological polar surface area (TPSA) is 109 Å². The Hall–Kier alpha value is -2.21. The maximum atomic E-state index is 11.8. The Morgan fingerprint density at radius 1 is 1.25 bits per heavy atom. The van der Waals surface area contributed by atoms with E-state index in [1.54, 1.807) is 41.3 Å². The molecule has 1 aromatic carbocycles. The highest BCUT2D eigenvalue weighted by Crippen LogP contribution is 2.42. The molecule has 11 heteroatoms. The number of benzene rings is 1. The van der Waals surface area contributed by atoms with Gasteiger partial charge in [-0.2, -0.15) is 0 Å². The van der Waals surface area contributed by atoms with Gasteiger partial charge in [-0.15, -0.1) is 21.5 Å². The lowest BCUT2D eigenvalue weighted by Crippen LogP contribution is -2.11. The molecule has 5 rings (SSSR count). The second-order valence-electron chi connectivity index (χ2n) is 7.90. The Morgan fingerprint density at radius 2 is 2.09 bits per heavy atom. The summed E-state index contributed by atoms with van der Waals surface area (Å²) in [7, 11) is -3.77. The molecule has 4 aromatic rings. The summed E-state index contributed by atoms with van der Waals surface area (Å²) in [5.74, 6) is 2.45. The minimum atomic E-state index is -3.77. The Labute approximate surface area is 194 Å². The predicted molar refractivity (Wildman–Crippen MR) is 127 cm³/mol. The number of hydrogen-bond acceptors (Lipinski definition) is 7. The third-order valence-electron chi connectivity index (χ3n) is 5.51. The van der Waals surface area contributed by atoms with Crippen molar-refractivity contribution < 1.29 is 8.42 Å². The van der Waals surface area contributed by atoms with Crippen LogP contribution in [0.3, 0.4) is 0 Å². The monoisotopic (exact) mass is 488 g/mol. The van der Waals surface area contributed by atoms with Crippen molar-refractivity contribution in [3.63, 3.8) is 0 Å². The molecule has 3 heterocycles. The van der Waals surface area contributed by atoms with E-state index >= 15 is 0 Å². The first-order valence-electron chi connectivity index (χ1n) is 10.6. The van der Waals surface area contributed by atoms with E-state index < -0.39 is 10.0 Å². The van der Waals surface area contributed by atoms with E-state index in [1.807, 2.05) is 6.07 Å². The fourth-order valence-electron chi connectivity index (χ4n) is 3.75. The fourth-order valence-corrected chi connectivity index (χ4v) is 5.94. The van der Waals surface area contributed by atoms with Gasteiger partial charge in [0, 0.05) is 12.6 Å². The number of nitrogens with zero attached hydrogens (tertiary/aromatic N) is 5. The van der Waals surface area contributed by atoms with Crippen molar-refractivity contribution >= 4 is 44.2 Å². The number of unbranched alkanes of at least 4 members (excludes halogenated alkanes) is 1. The van der Waals surface area contributed by atoms with Gasteiger partial charge in [0.2, 0.25) is 10.0 Å². The summed E-state index contributed by atoms with van der Waals surface area (Å²) in [5.41, 5.74) is 1.57. The molecule has 1 aliphatic rings. The van der Waals surface area contributed by atoms with Crippen LogP contribution in [0.2, 0.25) is 0 Å². The minimum absolute atomic E-state index is 0.0819. The summed E-state index contributed by atoms with van der Waals surface area (Å²) in [6.07, 6.45) is 4.37.